The first kappa shape index (κ1) is 17.0. The van der Waals surface area contributed by atoms with E-state index in [-0.39, 0.29) is 5.91 Å². The van der Waals surface area contributed by atoms with Crippen LogP contribution in [-0.2, 0) is 0 Å². The molecule has 128 valence electrons. The summed E-state index contributed by atoms with van der Waals surface area (Å²) in [5.41, 5.74) is 1.58. The molecule has 2 aromatic rings. The lowest BCUT2D eigenvalue weighted by Gasteiger charge is -2.30. The van der Waals surface area contributed by atoms with E-state index >= 15 is 0 Å². The Morgan fingerprint density at radius 2 is 2.33 bits per heavy atom. The van der Waals surface area contributed by atoms with Gasteiger partial charge in [-0.3, -0.25) is 9.78 Å². The Kier molecular flexibility index (Phi) is 5.58. The molecular formula is C18H24N4OS. The summed E-state index contributed by atoms with van der Waals surface area (Å²) >= 11 is 1.41. The van der Waals surface area contributed by atoms with Crippen molar-refractivity contribution in [1.29, 1.82) is 0 Å². The number of piperidine rings is 1. The summed E-state index contributed by atoms with van der Waals surface area (Å²) in [4.78, 5) is 24.4. The Labute approximate surface area is 147 Å². The summed E-state index contributed by atoms with van der Waals surface area (Å²) in [6, 6.07) is 5.72. The van der Waals surface area contributed by atoms with E-state index in [1.165, 1.54) is 24.2 Å². The number of rotatable bonds is 5. The van der Waals surface area contributed by atoms with E-state index < -0.39 is 0 Å². The van der Waals surface area contributed by atoms with Crippen molar-refractivity contribution in [2.24, 2.45) is 5.92 Å². The minimum atomic E-state index is -0.0303. The number of carbonyl (C=O) groups excluding carboxylic acids is 1. The van der Waals surface area contributed by atoms with Crippen molar-refractivity contribution in [1.82, 2.24) is 20.2 Å². The molecular weight excluding hydrogens is 320 g/mol. The van der Waals surface area contributed by atoms with Gasteiger partial charge in [-0.1, -0.05) is 13.0 Å². The summed E-state index contributed by atoms with van der Waals surface area (Å²) < 4.78 is 0. The number of nitrogens with zero attached hydrogens (tertiary/aromatic N) is 3. The standard InChI is InChI=1S/C18H24N4OS/c1-13-6-5-10-22(12-13)11-9-20-17(23)16-14(2)21-18(24-16)15-7-3-4-8-19-15/h3-4,7-8,13H,5-6,9-12H2,1-2H3,(H,20,23)/t13-/m0/s1. The van der Waals surface area contributed by atoms with Gasteiger partial charge in [0.1, 0.15) is 9.88 Å². The summed E-state index contributed by atoms with van der Waals surface area (Å²) in [5.74, 6) is 0.733. The minimum absolute atomic E-state index is 0.0303. The quantitative estimate of drug-likeness (QED) is 0.906. The monoisotopic (exact) mass is 344 g/mol. The highest BCUT2D eigenvalue weighted by Gasteiger charge is 2.18. The molecule has 6 heteroatoms. The third kappa shape index (κ3) is 4.19. The van der Waals surface area contributed by atoms with E-state index in [4.69, 9.17) is 0 Å². The van der Waals surface area contributed by atoms with E-state index in [1.54, 1.807) is 6.20 Å². The Balaban J connectivity index is 1.56. The second-order valence-corrected chi connectivity index (χ2v) is 7.45. The molecule has 1 fully saturated rings. The summed E-state index contributed by atoms with van der Waals surface area (Å²) in [5, 5.41) is 3.83. The number of nitrogens with one attached hydrogen (secondary N) is 1. The van der Waals surface area contributed by atoms with E-state index in [2.05, 4.69) is 27.1 Å². The number of hydrogen-bond donors (Lipinski definition) is 1. The van der Waals surface area contributed by atoms with Crippen LogP contribution in [0.25, 0.3) is 10.7 Å². The first-order valence-electron chi connectivity index (χ1n) is 8.53. The zero-order valence-electron chi connectivity index (χ0n) is 14.3. The van der Waals surface area contributed by atoms with Gasteiger partial charge >= 0.3 is 0 Å². The SMILES string of the molecule is Cc1nc(-c2ccccn2)sc1C(=O)NCCN1CCC[C@H](C)C1. The van der Waals surface area contributed by atoms with Gasteiger partial charge in [-0.15, -0.1) is 11.3 Å². The predicted octanol–water partition coefficient (Wildman–Crippen LogP) is 2.98. The molecule has 0 saturated carbocycles. The first-order chi connectivity index (χ1) is 11.6. The number of aromatic nitrogens is 2. The molecule has 1 N–H and O–H groups in total. The third-order valence-electron chi connectivity index (χ3n) is 4.34. The number of amides is 1. The van der Waals surface area contributed by atoms with Crippen molar-refractivity contribution in [3.05, 3.63) is 35.0 Å². The first-order valence-corrected chi connectivity index (χ1v) is 9.34. The highest BCUT2D eigenvalue weighted by Crippen LogP contribution is 2.26. The zero-order valence-corrected chi connectivity index (χ0v) is 15.1. The Hall–Kier alpha value is -1.79. The lowest BCUT2D eigenvalue weighted by atomic mass is 10.0. The molecule has 0 spiro atoms. The fourth-order valence-corrected chi connectivity index (χ4v) is 4.06. The van der Waals surface area contributed by atoms with Gasteiger partial charge in [0.15, 0.2) is 0 Å². The van der Waals surface area contributed by atoms with Gasteiger partial charge in [0.2, 0.25) is 0 Å². The lowest BCUT2D eigenvalue weighted by Crippen LogP contribution is -2.40. The average molecular weight is 344 g/mol. The molecule has 0 radical (unpaired) electrons. The highest BCUT2D eigenvalue weighted by molar-refractivity contribution is 7.17. The Morgan fingerprint density at radius 1 is 1.46 bits per heavy atom. The molecule has 5 nitrogen and oxygen atoms in total. The lowest BCUT2D eigenvalue weighted by molar-refractivity contribution is 0.0947. The van der Waals surface area contributed by atoms with Gasteiger partial charge in [0.25, 0.3) is 5.91 Å². The zero-order chi connectivity index (χ0) is 16.9. The number of likely N-dealkylation sites (tertiary alicyclic amines) is 1. The van der Waals surface area contributed by atoms with Crippen LogP contribution in [0.5, 0.6) is 0 Å². The highest BCUT2D eigenvalue weighted by atomic mass is 32.1. The molecule has 0 bridgehead atoms. The fraction of sp³-hybridized carbons (Fsp3) is 0.500. The molecule has 1 aliphatic heterocycles. The Bertz CT molecular complexity index is 686. The summed E-state index contributed by atoms with van der Waals surface area (Å²) in [6.45, 7) is 8.06. The van der Waals surface area contributed by atoms with Crippen LogP contribution in [0.1, 0.15) is 35.1 Å². The molecule has 1 aliphatic rings. The molecule has 0 aromatic carbocycles. The van der Waals surface area contributed by atoms with Gasteiger partial charge in [-0.05, 0) is 44.4 Å². The summed E-state index contributed by atoms with van der Waals surface area (Å²) in [7, 11) is 0. The number of aryl methyl sites for hydroxylation is 1. The second-order valence-electron chi connectivity index (χ2n) is 6.45. The molecule has 1 amide bonds. The maximum atomic E-state index is 12.4. The predicted molar refractivity (Wildman–Crippen MR) is 97.3 cm³/mol. The average Bonchev–Trinajstić information content (AvgIpc) is 2.98. The van der Waals surface area contributed by atoms with Crippen molar-refractivity contribution in [3.63, 3.8) is 0 Å². The number of carbonyl (C=O) groups is 1. The van der Waals surface area contributed by atoms with Crippen molar-refractivity contribution < 1.29 is 4.79 Å². The molecule has 24 heavy (non-hydrogen) atoms. The van der Waals surface area contributed by atoms with Crippen molar-refractivity contribution >= 4 is 17.2 Å². The fourth-order valence-electron chi connectivity index (χ4n) is 3.10. The maximum absolute atomic E-state index is 12.4. The van der Waals surface area contributed by atoms with Crippen LogP contribution in [0.4, 0.5) is 0 Å². The molecule has 0 aliphatic carbocycles. The number of thiazole rings is 1. The van der Waals surface area contributed by atoms with Crippen molar-refractivity contribution in [2.75, 3.05) is 26.2 Å². The van der Waals surface area contributed by atoms with Crippen molar-refractivity contribution in [2.45, 2.75) is 26.7 Å². The maximum Gasteiger partial charge on any atom is 0.263 e. The van der Waals surface area contributed by atoms with Crippen molar-refractivity contribution in [3.8, 4) is 10.7 Å². The molecule has 1 atom stereocenters. The van der Waals surface area contributed by atoms with Crippen LogP contribution in [-0.4, -0.2) is 47.0 Å². The minimum Gasteiger partial charge on any atom is -0.350 e. The molecule has 2 aromatic heterocycles. The van der Waals surface area contributed by atoms with E-state index in [1.807, 2.05) is 25.1 Å². The van der Waals surface area contributed by atoms with Crippen LogP contribution in [0, 0.1) is 12.8 Å². The van der Waals surface area contributed by atoms with Gasteiger partial charge in [0.05, 0.1) is 11.4 Å². The van der Waals surface area contributed by atoms with Crippen LogP contribution in [0.2, 0.25) is 0 Å². The van der Waals surface area contributed by atoms with Crippen LogP contribution < -0.4 is 5.32 Å². The molecule has 1 saturated heterocycles. The molecule has 3 rings (SSSR count). The molecule has 3 heterocycles. The third-order valence-corrected chi connectivity index (χ3v) is 5.52. The number of hydrogen-bond acceptors (Lipinski definition) is 5. The largest absolute Gasteiger partial charge is 0.350 e. The second kappa shape index (κ2) is 7.85. The topological polar surface area (TPSA) is 58.1 Å². The van der Waals surface area contributed by atoms with Crippen LogP contribution >= 0.6 is 11.3 Å². The Morgan fingerprint density at radius 3 is 3.08 bits per heavy atom. The van der Waals surface area contributed by atoms with E-state index in [0.717, 1.165) is 41.9 Å². The van der Waals surface area contributed by atoms with Gasteiger partial charge in [-0.2, -0.15) is 0 Å². The van der Waals surface area contributed by atoms with Crippen LogP contribution in [0.3, 0.4) is 0 Å². The summed E-state index contributed by atoms with van der Waals surface area (Å²) in [6.07, 6.45) is 4.32. The van der Waals surface area contributed by atoms with E-state index in [0.29, 0.717) is 11.4 Å². The number of pyridine rings is 1. The molecule has 0 unspecified atom stereocenters. The smallest absolute Gasteiger partial charge is 0.263 e. The van der Waals surface area contributed by atoms with E-state index in [9.17, 15) is 4.79 Å². The van der Waals surface area contributed by atoms with Gasteiger partial charge in [-0.25, -0.2) is 4.98 Å². The van der Waals surface area contributed by atoms with Crippen LogP contribution in [0.15, 0.2) is 24.4 Å². The normalized spacial score (nSPS) is 18.5. The van der Waals surface area contributed by atoms with Gasteiger partial charge < -0.3 is 10.2 Å². The van der Waals surface area contributed by atoms with Gasteiger partial charge in [0, 0.05) is 25.8 Å².